The molecule has 0 N–H and O–H groups in total. The van der Waals surface area contributed by atoms with Gasteiger partial charge in [0.2, 0.25) is 0 Å². The minimum Gasteiger partial charge on any atom is -0.492 e. The predicted octanol–water partition coefficient (Wildman–Crippen LogP) is 4.58. The summed E-state index contributed by atoms with van der Waals surface area (Å²) in [6.07, 6.45) is 2.64. The SMILES string of the molecule is CC1CCN([C@@H](COc2ccc(Br)cc2)C(C)C)CC1. The molecule has 2 nitrogen and oxygen atoms in total. The van der Waals surface area contributed by atoms with Gasteiger partial charge in [-0.3, -0.25) is 4.90 Å². The number of likely N-dealkylation sites (tertiary alicyclic amines) is 1. The summed E-state index contributed by atoms with van der Waals surface area (Å²) < 4.78 is 7.09. The number of rotatable bonds is 5. The Morgan fingerprint density at radius 1 is 1.20 bits per heavy atom. The summed E-state index contributed by atoms with van der Waals surface area (Å²) in [5.41, 5.74) is 0. The van der Waals surface area contributed by atoms with Crippen molar-refractivity contribution in [3.05, 3.63) is 28.7 Å². The lowest BCUT2D eigenvalue weighted by atomic mass is 9.95. The number of piperidine rings is 1. The average molecular weight is 340 g/mol. The van der Waals surface area contributed by atoms with Gasteiger partial charge in [-0.05, 0) is 62.0 Å². The van der Waals surface area contributed by atoms with Crippen LogP contribution < -0.4 is 4.74 Å². The van der Waals surface area contributed by atoms with Gasteiger partial charge in [0, 0.05) is 10.5 Å². The predicted molar refractivity (Wildman–Crippen MR) is 88.2 cm³/mol. The Balaban J connectivity index is 1.90. The zero-order valence-electron chi connectivity index (χ0n) is 12.8. The van der Waals surface area contributed by atoms with Crippen molar-refractivity contribution in [1.82, 2.24) is 4.90 Å². The van der Waals surface area contributed by atoms with Gasteiger partial charge in [0.15, 0.2) is 0 Å². The summed E-state index contributed by atoms with van der Waals surface area (Å²) in [4.78, 5) is 2.61. The molecule has 2 rings (SSSR count). The first-order valence-electron chi connectivity index (χ1n) is 7.68. The molecule has 3 heteroatoms. The molecule has 0 bridgehead atoms. The molecule has 0 unspecified atom stereocenters. The average Bonchev–Trinajstić information content (AvgIpc) is 2.43. The summed E-state index contributed by atoms with van der Waals surface area (Å²) in [5.74, 6) is 2.47. The molecule has 0 amide bonds. The molecule has 1 aromatic carbocycles. The monoisotopic (exact) mass is 339 g/mol. The van der Waals surface area contributed by atoms with E-state index in [9.17, 15) is 0 Å². The molecule has 1 aliphatic heterocycles. The highest BCUT2D eigenvalue weighted by Gasteiger charge is 2.26. The molecule has 0 spiro atoms. The van der Waals surface area contributed by atoms with Crippen LogP contribution in [0.25, 0.3) is 0 Å². The van der Waals surface area contributed by atoms with Gasteiger partial charge in [0.25, 0.3) is 0 Å². The van der Waals surface area contributed by atoms with Crippen LogP contribution in [0.4, 0.5) is 0 Å². The first kappa shape index (κ1) is 15.8. The summed E-state index contributed by atoms with van der Waals surface area (Å²) in [6.45, 7) is 10.2. The van der Waals surface area contributed by atoms with Gasteiger partial charge in [0.1, 0.15) is 12.4 Å². The summed E-state index contributed by atoms with van der Waals surface area (Å²) in [7, 11) is 0. The minimum absolute atomic E-state index is 0.520. The summed E-state index contributed by atoms with van der Waals surface area (Å²) >= 11 is 3.45. The molecule has 1 heterocycles. The molecule has 1 aliphatic rings. The van der Waals surface area contributed by atoms with E-state index in [-0.39, 0.29) is 0 Å². The minimum atomic E-state index is 0.520. The van der Waals surface area contributed by atoms with Crippen molar-refractivity contribution in [1.29, 1.82) is 0 Å². The van der Waals surface area contributed by atoms with E-state index in [0.29, 0.717) is 12.0 Å². The normalized spacial score (nSPS) is 19.2. The van der Waals surface area contributed by atoms with E-state index < -0.39 is 0 Å². The zero-order chi connectivity index (χ0) is 14.5. The first-order valence-corrected chi connectivity index (χ1v) is 8.48. The van der Waals surface area contributed by atoms with Crippen LogP contribution in [0.3, 0.4) is 0 Å². The Bertz CT molecular complexity index is 396. The van der Waals surface area contributed by atoms with Gasteiger partial charge in [-0.2, -0.15) is 0 Å². The fourth-order valence-electron chi connectivity index (χ4n) is 2.79. The highest BCUT2D eigenvalue weighted by molar-refractivity contribution is 9.10. The Kier molecular flexibility index (Phi) is 5.91. The lowest BCUT2D eigenvalue weighted by Crippen LogP contribution is -2.46. The van der Waals surface area contributed by atoms with E-state index in [1.54, 1.807) is 0 Å². The summed E-state index contributed by atoms with van der Waals surface area (Å²) in [6, 6.07) is 8.63. The molecule has 0 saturated carbocycles. The molecule has 1 aromatic rings. The van der Waals surface area contributed by atoms with E-state index >= 15 is 0 Å². The van der Waals surface area contributed by atoms with Crippen molar-refractivity contribution in [2.24, 2.45) is 11.8 Å². The molecule has 1 fully saturated rings. The van der Waals surface area contributed by atoms with E-state index in [2.05, 4.69) is 41.6 Å². The number of ether oxygens (including phenoxy) is 1. The number of hydrogen-bond acceptors (Lipinski definition) is 2. The molecule has 0 aromatic heterocycles. The third-order valence-electron chi connectivity index (χ3n) is 4.29. The summed E-state index contributed by atoms with van der Waals surface area (Å²) in [5, 5.41) is 0. The Morgan fingerprint density at radius 2 is 1.80 bits per heavy atom. The smallest absolute Gasteiger partial charge is 0.119 e. The fraction of sp³-hybridized carbons (Fsp3) is 0.647. The van der Waals surface area contributed by atoms with E-state index in [0.717, 1.165) is 22.7 Å². The molecule has 112 valence electrons. The van der Waals surface area contributed by atoms with Crippen LogP contribution in [0, 0.1) is 11.8 Å². The maximum absolute atomic E-state index is 6.00. The fourth-order valence-corrected chi connectivity index (χ4v) is 3.06. The molecule has 0 aliphatic carbocycles. The van der Waals surface area contributed by atoms with Crippen LogP contribution >= 0.6 is 15.9 Å². The third-order valence-corrected chi connectivity index (χ3v) is 4.82. The molecule has 1 atom stereocenters. The third kappa shape index (κ3) is 4.49. The number of halogens is 1. The van der Waals surface area contributed by atoms with Crippen LogP contribution in [0.2, 0.25) is 0 Å². The topological polar surface area (TPSA) is 12.5 Å². The quantitative estimate of drug-likeness (QED) is 0.778. The zero-order valence-corrected chi connectivity index (χ0v) is 14.4. The molecule has 0 radical (unpaired) electrons. The van der Waals surface area contributed by atoms with Crippen LogP contribution in [0.1, 0.15) is 33.6 Å². The van der Waals surface area contributed by atoms with Gasteiger partial charge < -0.3 is 4.74 Å². The van der Waals surface area contributed by atoms with Crippen molar-refractivity contribution in [2.75, 3.05) is 19.7 Å². The van der Waals surface area contributed by atoms with Crippen molar-refractivity contribution in [3.8, 4) is 5.75 Å². The highest BCUT2D eigenvalue weighted by Crippen LogP contribution is 2.23. The van der Waals surface area contributed by atoms with E-state index in [4.69, 9.17) is 4.74 Å². The Hall–Kier alpha value is -0.540. The van der Waals surface area contributed by atoms with Gasteiger partial charge in [0.05, 0.1) is 0 Å². The van der Waals surface area contributed by atoms with Crippen LogP contribution in [0.15, 0.2) is 28.7 Å². The maximum atomic E-state index is 6.00. The Labute approximate surface area is 131 Å². The Morgan fingerprint density at radius 3 is 2.35 bits per heavy atom. The molecular formula is C17H26BrNO. The van der Waals surface area contributed by atoms with Gasteiger partial charge in [-0.15, -0.1) is 0 Å². The number of benzene rings is 1. The highest BCUT2D eigenvalue weighted by atomic mass is 79.9. The van der Waals surface area contributed by atoms with Crippen molar-refractivity contribution >= 4 is 15.9 Å². The van der Waals surface area contributed by atoms with Crippen LogP contribution in [-0.4, -0.2) is 30.6 Å². The van der Waals surface area contributed by atoms with Gasteiger partial charge in [-0.25, -0.2) is 0 Å². The van der Waals surface area contributed by atoms with Gasteiger partial charge >= 0.3 is 0 Å². The van der Waals surface area contributed by atoms with Gasteiger partial charge in [-0.1, -0.05) is 36.7 Å². The van der Waals surface area contributed by atoms with E-state index in [1.807, 2.05) is 24.3 Å². The lowest BCUT2D eigenvalue weighted by Gasteiger charge is -2.38. The standard InChI is InChI=1S/C17H26BrNO/c1-13(2)17(19-10-8-14(3)9-11-19)12-20-16-6-4-15(18)5-7-16/h4-7,13-14,17H,8-12H2,1-3H3/t17-/m0/s1. The van der Waals surface area contributed by atoms with Crippen LogP contribution in [0.5, 0.6) is 5.75 Å². The van der Waals surface area contributed by atoms with E-state index in [1.165, 1.54) is 25.9 Å². The van der Waals surface area contributed by atoms with Crippen molar-refractivity contribution < 1.29 is 4.74 Å². The van der Waals surface area contributed by atoms with Crippen molar-refractivity contribution in [3.63, 3.8) is 0 Å². The lowest BCUT2D eigenvalue weighted by molar-refractivity contribution is 0.0712. The molecular weight excluding hydrogens is 314 g/mol. The molecule has 1 saturated heterocycles. The molecule has 20 heavy (non-hydrogen) atoms. The second-order valence-corrected chi connectivity index (χ2v) is 7.21. The second kappa shape index (κ2) is 7.46. The van der Waals surface area contributed by atoms with Crippen LogP contribution in [-0.2, 0) is 0 Å². The first-order chi connectivity index (χ1) is 9.56. The van der Waals surface area contributed by atoms with Crippen molar-refractivity contribution in [2.45, 2.75) is 39.7 Å². The number of nitrogens with zero attached hydrogens (tertiary/aromatic N) is 1. The number of hydrogen-bond donors (Lipinski definition) is 0. The largest absolute Gasteiger partial charge is 0.492 e. The second-order valence-electron chi connectivity index (χ2n) is 6.29. The maximum Gasteiger partial charge on any atom is 0.119 e.